The molecule has 1 aromatic rings. The number of hydrogen-bond acceptors (Lipinski definition) is 5. The fourth-order valence-electron chi connectivity index (χ4n) is 4.07. The van der Waals surface area contributed by atoms with Gasteiger partial charge >= 0.3 is 0 Å². The van der Waals surface area contributed by atoms with Gasteiger partial charge in [-0.1, -0.05) is 0 Å². The van der Waals surface area contributed by atoms with Crippen molar-refractivity contribution >= 4 is 12.4 Å². The van der Waals surface area contributed by atoms with Gasteiger partial charge in [-0.15, -0.1) is 0 Å². The Hall–Kier alpha value is -1.93. The minimum Gasteiger partial charge on any atom is -0.483 e. The van der Waals surface area contributed by atoms with Gasteiger partial charge in [0, 0.05) is 64.2 Å². The van der Waals surface area contributed by atoms with E-state index in [1.54, 1.807) is 0 Å². The third-order valence-corrected chi connectivity index (χ3v) is 5.71. The lowest BCUT2D eigenvalue weighted by atomic mass is 9.98. The van der Waals surface area contributed by atoms with Crippen molar-refractivity contribution in [2.24, 2.45) is 5.92 Å². The Morgan fingerprint density at radius 1 is 1.21 bits per heavy atom. The van der Waals surface area contributed by atoms with E-state index in [1.165, 1.54) is 18.7 Å². The summed E-state index contributed by atoms with van der Waals surface area (Å²) < 4.78 is 7.86. The number of aromatic nitrogens is 2. The van der Waals surface area contributed by atoms with Gasteiger partial charge in [-0.2, -0.15) is 0 Å². The quantitative estimate of drug-likeness (QED) is 0.769. The van der Waals surface area contributed by atoms with Crippen molar-refractivity contribution in [3.63, 3.8) is 0 Å². The van der Waals surface area contributed by atoms with Crippen LogP contribution < -0.4 is 0 Å². The van der Waals surface area contributed by atoms with E-state index >= 15 is 0 Å². The molecule has 0 radical (unpaired) electrons. The first-order valence-electron chi connectivity index (χ1n) is 10.4. The highest BCUT2D eigenvalue weighted by Crippen LogP contribution is 2.35. The van der Waals surface area contributed by atoms with Crippen molar-refractivity contribution in [3.05, 3.63) is 18.2 Å². The zero-order valence-corrected chi connectivity index (χ0v) is 16.5. The smallest absolute Gasteiger partial charge is 0.290 e. The molecule has 156 valence electrons. The molecule has 0 aromatic carbocycles. The molecule has 1 unspecified atom stereocenters. The van der Waals surface area contributed by atoms with Gasteiger partial charge in [-0.3, -0.25) is 14.5 Å². The fourth-order valence-corrected chi connectivity index (χ4v) is 4.07. The number of carbonyl (C=O) groups is 2. The molecule has 8 heteroatoms. The molecule has 1 amide bonds. The first-order valence-corrected chi connectivity index (χ1v) is 10.4. The molecule has 1 N–H and O–H groups in total. The van der Waals surface area contributed by atoms with Crippen LogP contribution in [0, 0.1) is 5.92 Å². The van der Waals surface area contributed by atoms with Crippen LogP contribution in [0.25, 0.3) is 0 Å². The maximum Gasteiger partial charge on any atom is 0.290 e. The summed E-state index contributed by atoms with van der Waals surface area (Å²) in [6, 6.07) is 0.681. The predicted octanol–water partition coefficient (Wildman–Crippen LogP) is 1.77. The summed E-state index contributed by atoms with van der Waals surface area (Å²) in [5, 5.41) is 6.89. The van der Waals surface area contributed by atoms with Crippen molar-refractivity contribution in [1.82, 2.24) is 19.4 Å². The topological polar surface area (TPSA) is 87.9 Å². The molecule has 28 heavy (non-hydrogen) atoms. The largest absolute Gasteiger partial charge is 0.483 e. The minimum atomic E-state index is -0.250. The maximum atomic E-state index is 12.6. The summed E-state index contributed by atoms with van der Waals surface area (Å²) in [5.41, 5.74) is 0. The fraction of sp³-hybridized carbons (Fsp3) is 0.750. The lowest BCUT2D eigenvalue weighted by Gasteiger charge is -2.26. The summed E-state index contributed by atoms with van der Waals surface area (Å²) in [6.07, 6.45) is 10.6. The van der Waals surface area contributed by atoms with Crippen LogP contribution in [-0.2, 0) is 20.9 Å². The second-order valence-corrected chi connectivity index (χ2v) is 7.89. The van der Waals surface area contributed by atoms with Crippen LogP contribution in [0.3, 0.4) is 0 Å². The van der Waals surface area contributed by atoms with Crippen LogP contribution in [-0.4, -0.2) is 76.2 Å². The maximum absolute atomic E-state index is 12.6. The minimum absolute atomic E-state index is 0.250. The van der Waals surface area contributed by atoms with Crippen molar-refractivity contribution in [2.45, 2.75) is 51.1 Å². The third-order valence-electron chi connectivity index (χ3n) is 5.71. The van der Waals surface area contributed by atoms with Gasteiger partial charge in [0.2, 0.25) is 5.91 Å². The molecule has 3 fully saturated rings. The highest BCUT2D eigenvalue weighted by atomic mass is 16.5. The Balaban J connectivity index is 0.000000706. The van der Waals surface area contributed by atoms with Crippen LogP contribution in [0.2, 0.25) is 0 Å². The molecule has 3 heterocycles. The molecule has 1 aromatic heterocycles. The Bertz CT molecular complexity index is 625. The lowest BCUT2D eigenvalue weighted by Crippen LogP contribution is -2.37. The zero-order valence-electron chi connectivity index (χ0n) is 16.5. The summed E-state index contributed by atoms with van der Waals surface area (Å²) in [6.45, 7) is 6.01. The third kappa shape index (κ3) is 6.04. The molecule has 2 saturated heterocycles. The van der Waals surface area contributed by atoms with Crippen molar-refractivity contribution < 1.29 is 19.4 Å². The van der Waals surface area contributed by atoms with E-state index in [4.69, 9.17) is 14.6 Å². The molecular weight excluding hydrogens is 360 g/mol. The summed E-state index contributed by atoms with van der Waals surface area (Å²) in [7, 11) is 0. The average molecular weight is 393 g/mol. The van der Waals surface area contributed by atoms with Gasteiger partial charge in [0.1, 0.15) is 5.82 Å². The molecule has 0 bridgehead atoms. The monoisotopic (exact) mass is 392 g/mol. The Kier molecular flexibility index (Phi) is 7.85. The number of hydrogen-bond donors (Lipinski definition) is 1. The molecule has 2 aliphatic heterocycles. The zero-order chi connectivity index (χ0) is 19.8. The number of carbonyl (C=O) groups excluding carboxylic acids is 1. The van der Waals surface area contributed by atoms with E-state index in [0.29, 0.717) is 24.3 Å². The Labute approximate surface area is 166 Å². The highest BCUT2D eigenvalue weighted by Gasteiger charge is 2.27. The second-order valence-electron chi connectivity index (χ2n) is 7.89. The van der Waals surface area contributed by atoms with Crippen LogP contribution in [0.15, 0.2) is 12.4 Å². The summed E-state index contributed by atoms with van der Waals surface area (Å²) >= 11 is 0. The van der Waals surface area contributed by atoms with Crippen LogP contribution in [0.1, 0.15) is 50.4 Å². The summed E-state index contributed by atoms with van der Waals surface area (Å²) in [4.78, 5) is 30.1. The van der Waals surface area contributed by atoms with E-state index in [2.05, 4.69) is 25.5 Å². The average Bonchev–Trinajstić information content (AvgIpc) is 3.48. The van der Waals surface area contributed by atoms with Crippen molar-refractivity contribution in [2.75, 3.05) is 39.4 Å². The van der Waals surface area contributed by atoms with E-state index in [1.807, 2.05) is 6.20 Å². The van der Waals surface area contributed by atoms with E-state index in [9.17, 15) is 4.79 Å². The van der Waals surface area contributed by atoms with Gasteiger partial charge in [0.05, 0.1) is 6.54 Å². The first kappa shape index (κ1) is 20.8. The normalized spacial score (nSPS) is 23.4. The number of imidazole rings is 1. The Morgan fingerprint density at radius 2 is 2.04 bits per heavy atom. The van der Waals surface area contributed by atoms with Crippen LogP contribution >= 0.6 is 0 Å². The van der Waals surface area contributed by atoms with Gasteiger partial charge in [0.15, 0.2) is 0 Å². The number of ether oxygens (including phenoxy) is 1. The lowest BCUT2D eigenvalue weighted by molar-refractivity contribution is -0.133. The Morgan fingerprint density at radius 3 is 2.75 bits per heavy atom. The van der Waals surface area contributed by atoms with Crippen molar-refractivity contribution in [1.29, 1.82) is 0 Å². The number of rotatable bonds is 5. The van der Waals surface area contributed by atoms with E-state index in [-0.39, 0.29) is 6.47 Å². The van der Waals surface area contributed by atoms with Gasteiger partial charge in [-0.05, 0) is 38.0 Å². The standard InChI is InChI=1S/C19H30N4O2.CH2O2/c24-19(13-16-3-1-12-25-15-16)22-8-2-7-21(10-11-22)14-18-20-6-9-23(18)17-4-5-17;2-1-3/h6,9,16-17H,1-5,7-8,10-15H2;1H,(H,2,3). The molecule has 1 aliphatic carbocycles. The van der Waals surface area contributed by atoms with Gasteiger partial charge in [0.25, 0.3) is 6.47 Å². The van der Waals surface area contributed by atoms with Gasteiger partial charge in [-0.25, -0.2) is 4.98 Å². The summed E-state index contributed by atoms with van der Waals surface area (Å²) in [5.74, 6) is 1.92. The number of nitrogens with zero attached hydrogens (tertiary/aromatic N) is 4. The van der Waals surface area contributed by atoms with Crippen LogP contribution in [0.5, 0.6) is 0 Å². The number of amides is 1. The predicted molar refractivity (Wildman–Crippen MR) is 104 cm³/mol. The molecule has 3 aliphatic rings. The molecule has 8 nitrogen and oxygen atoms in total. The highest BCUT2D eigenvalue weighted by molar-refractivity contribution is 5.76. The first-order chi connectivity index (χ1) is 13.7. The molecule has 4 rings (SSSR count). The second kappa shape index (κ2) is 10.6. The molecule has 0 spiro atoms. The van der Waals surface area contributed by atoms with E-state index < -0.39 is 0 Å². The molecule has 1 saturated carbocycles. The van der Waals surface area contributed by atoms with E-state index in [0.717, 1.165) is 65.2 Å². The molecular formula is C20H32N4O4. The SMILES string of the molecule is O=C(CC1CCCOC1)N1CCCN(Cc2nccn2C2CC2)CC1.O=CO. The number of carboxylic acid groups (broad SMARTS) is 1. The molecule has 1 atom stereocenters. The van der Waals surface area contributed by atoms with Crippen molar-refractivity contribution in [3.8, 4) is 0 Å². The van der Waals surface area contributed by atoms with Crippen LogP contribution in [0.4, 0.5) is 0 Å². The van der Waals surface area contributed by atoms with Gasteiger partial charge < -0.3 is 19.3 Å².